The van der Waals surface area contributed by atoms with Gasteiger partial charge in [-0.25, -0.2) is 14.6 Å². The third kappa shape index (κ3) is 3.78. The molecule has 1 aliphatic heterocycles. The summed E-state index contributed by atoms with van der Waals surface area (Å²) in [6.45, 7) is 10.1. The number of fused-ring (bicyclic) bond motifs is 1. The van der Waals surface area contributed by atoms with E-state index < -0.39 is 17.6 Å². The van der Waals surface area contributed by atoms with Crippen LogP contribution in [0.1, 0.15) is 43.3 Å². The first-order valence-electron chi connectivity index (χ1n) is 9.17. The Morgan fingerprint density at radius 2 is 2.14 bits per heavy atom. The van der Waals surface area contributed by atoms with Crippen molar-refractivity contribution >= 4 is 17.6 Å². The lowest BCUT2D eigenvalue weighted by Gasteiger charge is -2.36. The van der Waals surface area contributed by atoms with Crippen LogP contribution in [0.2, 0.25) is 0 Å². The second kappa shape index (κ2) is 7.50. The van der Waals surface area contributed by atoms with E-state index >= 15 is 0 Å². The van der Waals surface area contributed by atoms with Crippen molar-refractivity contribution in [1.82, 2.24) is 20.2 Å². The Morgan fingerprint density at radius 3 is 2.82 bits per heavy atom. The predicted octanol–water partition coefficient (Wildman–Crippen LogP) is 2.99. The third-order valence-corrected chi connectivity index (χ3v) is 5.13. The molecule has 1 atom stereocenters. The van der Waals surface area contributed by atoms with Gasteiger partial charge in [-0.05, 0) is 38.0 Å². The molecular formula is C21H26N4O3. The van der Waals surface area contributed by atoms with Crippen molar-refractivity contribution in [3.05, 3.63) is 59.7 Å². The molecular weight excluding hydrogens is 356 g/mol. The second-order valence-corrected chi connectivity index (χ2v) is 7.62. The van der Waals surface area contributed by atoms with Gasteiger partial charge in [-0.15, -0.1) is 0 Å². The Bertz CT molecular complexity index is 916. The number of esters is 1. The monoisotopic (exact) mass is 382 g/mol. The van der Waals surface area contributed by atoms with Crippen molar-refractivity contribution in [2.75, 3.05) is 7.11 Å². The number of nitrogens with one attached hydrogen (secondary N) is 2. The van der Waals surface area contributed by atoms with Gasteiger partial charge in [0.15, 0.2) is 0 Å². The first kappa shape index (κ1) is 19.7. The summed E-state index contributed by atoms with van der Waals surface area (Å²) in [5, 5.41) is 3.06. The summed E-state index contributed by atoms with van der Waals surface area (Å²) in [6, 6.07) is 6.88. The van der Waals surface area contributed by atoms with Gasteiger partial charge < -0.3 is 19.9 Å². The molecule has 0 spiro atoms. The number of benzene rings is 1. The molecule has 7 nitrogen and oxygen atoms in total. The van der Waals surface area contributed by atoms with E-state index in [0.29, 0.717) is 6.42 Å². The number of urea groups is 1. The highest BCUT2D eigenvalue weighted by molar-refractivity contribution is 5.85. The van der Waals surface area contributed by atoms with Crippen LogP contribution in [0.4, 0.5) is 4.79 Å². The van der Waals surface area contributed by atoms with Crippen molar-refractivity contribution in [3.8, 4) is 0 Å². The molecule has 2 heterocycles. The summed E-state index contributed by atoms with van der Waals surface area (Å²) in [4.78, 5) is 34.2. The average Bonchev–Trinajstić information content (AvgIpc) is 3.13. The number of amides is 2. The molecule has 2 aromatic rings. The number of rotatable bonds is 4. The topological polar surface area (TPSA) is 87.3 Å². The van der Waals surface area contributed by atoms with Crippen molar-refractivity contribution in [3.63, 3.8) is 0 Å². The molecule has 1 aromatic carbocycles. The largest absolute Gasteiger partial charge is 0.467 e. The maximum Gasteiger partial charge on any atom is 0.329 e. The molecule has 2 N–H and O–H groups in total. The molecule has 7 heteroatoms. The molecule has 1 unspecified atom stereocenters. The molecule has 3 rings (SSSR count). The van der Waals surface area contributed by atoms with E-state index in [0.717, 1.165) is 28.1 Å². The van der Waals surface area contributed by atoms with Crippen molar-refractivity contribution in [1.29, 1.82) is 0 Å². The lowest BCUT2D eigenvalue weighted by molar-refractivity contribution is -0.146. The number of methoxy groups -OCH3 is 1. The van der Waals surface area contributed by atoms with Crippen LogP contribution >= 0.6 is 0 Å². The van der Waals surface area contributed by atoms with Crippen LogP contribution in [-0.2, 0) is 28.0 Å². The van der Waals surface area contributed by atoms with Crippen molar-refractivity contribution < 1.29 is 14.3 Å². The van der Waals surface area contributed by atoms with E-state index in [1.165, 1.54) is 12.0 Å². The van der Waals surface area contributed by atoms with Gasteiger partial charge in [-0.3, -0.25) is 0 Å². The van der Waals surface area contributed by atoms with E-state index in [-0.39, 0.29) is 12.6 Å². The molecule has 0 saturated carbocycles. The van der Waals surface area contributed by atoms with Crippen LogP contribution in [0.25, 0.3) is 5.57 Å². The number of carbonyl (C=O) groups excluding carboxylic acids is 2. The summed E-state index contributed by atoms with van der Waals surface area (Å²) >= 11 is 0. The van der Waals surface area contributed by atoms with Gasteiger partial charge in [0.25, 0.3) is 0 Å². The van der Waals surface area contributed by atoms with Gasteiger partial charge in [0.05, 0.1) is 36.9 Å². The number of H-pyrrole nitrogens is 1. The molecule has 1 aromatic heterocycles. The molecule has 0 aliphatic carbocycles. The number of aromatic amines is 1. The normalized spacial score (nSPS) is 16.3. The highest BCUT2D eigenvalue weighted by atomic mass is 16.5. The van der Waals surface area contributed by atoms with E-state index in [1.807, 2.05) is 45.0 Å². The van der Waals surface area contributed by atoms with Crippen molar-refractivity contribution in [2.45, 2.75) is 45.3 Å². The van der Waals surface area contributed by atoms with Gasteiger partial charge in [0.1, 0.15) is 6.04 Å². The molecule has 1 aliphatic rings. The summed E-state index contributed by atoms with van der Waals surface area (Å²) in [5.41, 5.74) is 3.91. The summed E-state index contributed by atoms with van der Waals surface area (Å²) < 4.78 is 4.91. The Balaban J connectivity index is 1.84. The minimum atomic E-state index is -0.710. The maximum absolute atomic E-state index is 13.1. The lowest BCUT2D eigenvalue weighted by Crippen LogP contribution is -2.56. The van der Waals surface area contributed by atoms with Gasteiger partial charge in [-0.2, -0.15) is 0 Å². The summed E-state index contributed by atoms with van der Waals surface area (Å²) in [7, 11) is 1.32. The fourth-order valence-corrected chi connectivity index (χ4v) is 3.38. The van der Waals surface area contributed by atoms with Gasteiger partial charge >= 0.3 is 12.0 Å². The zero-order chi connectivity index (χ0) is 20.5. The Hall–Kier alpha value is -3.09. The minimum absolute atomic E-state index is 0.267. The molecule has 2 amide bonds. The van der Waals surface area contributed by atoms with Gasteiger partial charge in [0, 0.05) is 6.42 Å². The van der Waals surface area contributed by atoms with E-state index in [2.05, 4.69) is 21.9 Å². The first-order chi connectivity index (χ1) is 13.2. The average molecular weight is 382 g/mol. The maximum atomic E-state index is 13.1. The third-order valence-electron chi connectivity index (χ3n) is 5.13. The predicted molar refractivity (Wildman–Crippen MR) is 106 cm³/mol. The van der Waals surface area contributed by atoms with Crippen LogP contribution in [0, 0.1) is 0 Å². The number of carbonyl (C=O) groups is 2. The van der Waals surface area contributed by atoms with Crippen LogP contribution in [0.3, 0.4) is 0 Å². The lowest BCUT2D eigenvalue weighted by atomic mass is 9.91. The summed E-state index contributed by atoms with van der Waals surface area (Å²) in [5.74, 6) is -0.453. The highest BCUT2D eigenvalue weighted by Crippen LogP contribution is 2.26. The number of ether oxygens (including phenoxy) is 1. The smallest absolute Gasteiger partial charge is 0.329 e. The SMILES string of the molecule is C=C(C)c1cccc(C(C)(C)NC(=O)N2Cc3[nH]cnc3CC2C(=O)OC)c1. The van der Waals surface area contributed by atoms with E-state index in [9.17, 15) is 9.59 Å². The van der Waals surface area contributed by atoms with Crippen LogP contribution in [0.5, 0.6) is 0 Å². The number of aromatic nitrogens is 2. The van der Waals surface area contributed by atoms with Gasteiger partial charge in [-0.1, -0.05) is 30.4 Å². The Labute approximate surface area is 164 Å². The zero-order valence-electron chi connectivity index (χ0n) is 16.7. The Morgan fingerprint density at radius 1 is 1.39 bits per heavy atom. The quantitative estimate of drug-likeness (QED) is 0.796. The number of hydrogen-bond donors (Lipinski definition) is 2. The number of nitrogens with zero attached hydrogens (tertiary/aromatic N) is 2. The Kier molecular flexibility index (Phi) is 5.27. The molecule has 0 fully saturated rings. The minimum Gasteiger partial charge on any atom is -0.467 e. The van der Waals surface area contributed by atoms with Crippen LogP contribution in [0.15, 0.2) is 37.2 Å². The zero-order valence-corrected chi connectivity index (χ0v) is 16.7. The molecule has 0 radical (unpaired) electrons. The van der Waals surface area contributed by atoms with E-state index in [1.54, 1.807) is 6.33 Å². The molecule has 0 saturated heterocycles. The van der Waals surface area contributed by atoms with Crippen molar-refractivity contribution in [2.24, 2.45) is 0 Å². The second-order valence-electron chi connectivity index (χ2n) is 7.62. The molecule has 148 valence electrons. The fourth-order valence-electron chi connectivity index (χ4n) is 3.38. The van der Waals surface area contributed by atoms with E-state index in [4.69, 9.17) is 4.74 Å². The van der Waals surface area contributed by atoms with Gasteiger partial charge in [0.2, 0.25) is 0 Å². The van der Waals surface area contributed by atoms with Crippen LogP contribution in [-0.4, -0.2) is 40.0 Å². The number of imidazole rings is 1. The van der Waals surface area contributed by atoms with Crippen LogP contribution < -0.4 is 5.32 Å². The molecule has 28 heavy (non-hydrogen) atoms. The standard InChI is InChI=1S/C21H26N4O3/c1-13(2)14-7-6-8-15(9-14)21(3,4)24-20(27)25-11-17-16(22-12-23-17)10-18(25)19(26)28-5/h6-9,12,18H,1,10-11H2,2-5H3,(H,22,23)(H,24,27). The first-order valence-corrected chi connectivity index (χ1v) is 9.17. The number of hydrogen-bond acceptors (Lipinski definition) is 4. The highest BCUT2D eigenvalue weighted by Gasteiger charge is 2.38. The fraction of sp³-hybridized carbons (Fsp3) is 0.381. The molecule has 0 bridgehead atoms. The summed E-state index contributed by atoms with van der Waals surface area (Å²) in [6.07, 6.45) is 1.90. The number of allylic oxidation sites excluding steroid dienone is 1.